The van der Waals surface area contributed by atoms with E-state index in [9.17, 15) is 15.4 Å². The Morgan fingerprint density at radius 3 is 1.70 bits per heavy atom. The van der Waals surface area contributed by atoms with Crippen molar-refractivity contribution >= 4 is 16.9 Å². The van der Waals surface area contributed by atoms with E-state index in [1.807, 2.05) is 146 Å². The maximum absolute atomic E-state index is 12.4. The SMILES string of the molecule is [N-]=[N+]=N[C@@H](Cc1c([C@@H]2O[C@@H](COCc3ccccc3)[C@H](OCc3ccccc3)[C@@H](OCc3ccccc3)[C@H]2OCc2ccccc2)[nH]c2ccccc12)C(=O)O. The highest BCUT2D eigenvalue weighted by atomic mass is 16.6. The number of carboxylic acids is 1. The zero-order valence-electron chi connectivity index (χ0n) is 30.8. The number of nitrogens with one attached hydrogen (secondary N) is 1. The van der Waals surface area contributed by atoms with E-state index in [-0.39, 0.29) is 32.8 Å². The number of H-pyrrole nitrogens is 1. The van der Waals surface area contributed by atoms with Crippen LogP contribution in [-0.2, 0) is 61.3 Å². The van der Waals surface area contributed by atoms with Crippen molar-refractivity contribution in [3.63, 3.8) is 0 Å². The van der Waals surface area contributed by atoms with Crippen LogP contribution in [0.4, 0.5) is 0 Å². The van der Waals surface area contributed by atoms with Gasteiger partial charge in [-0.1, -0.05) is 145 Å². The summed E-state index contributed by atoms with van der Waals surface area (Å²) >= 11 is 0. The van der Waals surface area contributed by atoms with E-state index in [1.54, 1.807) is 0 Å². The molecule has 1 aliphatic heterocycles. The Kier molecular flexibility index (Phi) is 13.2. The van der Waals surface area contributed by atoms with Crippen LogP contribution in [0.1, 0.15) is 39.6 Å². The number of benzene rings is 5. The molecule has 11 heteroatoms. The van der Waals surface area contributed by atoms with E-state index in [4.69, 9.17) is 23.7 Å². The molecule has 11 nitrogen and oxygen atoms in total. The van der Waals surface area contributed by atoms with Crippen LogP contribution in [0.5, 0.6) is 0 Å². The summed E-state index contributed by atoms with van der Waals surface area (Å²) in [6.07, 6.45) is -3.67. The number of hydrogen-bond donors (Lipinski definition) is 2. The lowest BCUT2D eigenvalue weighted by Gasteiger charge is -2.46. The Hall–Kier alpha value is -5.78. The van der Waals surface area contributed by atoms with Crippen molar-refractivity contribution in [2.75, 3.05) is 6.61 Å². The van der Waals surface area contributed by atoms with E-state index >= 15 is 0 Å². The van der Waals surface area contributed by atoms with Crippen LogP contribution >= 0.6 is 0 Å². The molecule has 0 spiro atoms. The molecule has 6 aromatic rings. The lowest BCUT2D eigenvalue weighted by Crippen LogP contribution is -2.58. The number of nitrogens with zero attached hydrogens (tertiary/aromatic N) is 3. The minimum atomic E-state index is -1.36. The van der Waals surface area contributed by atoms with Crippen molar-refractivity contribution < 1.29 is 33.6 Å². The van der Waals surface area contributed by atoms with E-state index in [1.165, 1.54) is 0 Å². The highest BCUT2D eigenvalue weighted by molar-refractivity contribution is 5.86. The summed E-state index contributed by atoms with van der Waals surface area (Å²) in [5.74, 6) is -1.23. The molecule has 0 aliphatic carbocycles. The molecule has 0 saturated carbocycles. The van der Waals surface area contributed by atoms with Crippen molar-refractivity contribution in [2.45, 2.75) is 69.4 Å². The molecule has 1 aliphatic rings. The summed E-state index contributed by atoms with van der Waals surface area (Å²) < 4.78 is 34.2. The minimum absolute atomic E-state index is 0.0807. The second-order valence-corrected chi connectivity index (χ2v) is 13.7. The minimum Gasteiger partial charge on any atom is -0.481 e. The maximum atomic E-state index is 12.4. The van der Waals surface area contributed by atoms with Crippen LogP contribution in [0.15, 0.2) is 151 Å². The normalized spacial score (nSPS) is 20.0. The van der Waals surface area contributed by atoms with Gasteiger partial charge in [0.2, 0.25) is 0 Å². The number of carboxylic acid groups (broad SMARTS) is 1. The average molecular weight is 753 g/mol. The van der Waals surface area contributed by atoms with Crippen LogP contribution in [0.2, 0.25) is 0 Å². The standard InChI is InChI=1S/C45H44N4O7/c46-49-48-38(45(50)51)25-36-35-23-13-14-24-37(35)47-40(36)42-44(55-29-34-21-11-4-12-22-34)43(54-28-33-19-9-3-10-20-33)41(53-27-32-17-7-2-8-18-32)39(56-42)30-52-26-31-15-5-1-6-16-31/h1-24,38-39,41-44,47H,25-30H2,(H,50,51)/t38-,39-,41-,42-,43+,44-/m0/s1. The zero-order chi connectivity index (χ0) is 38.5. The third kappa shape index (κ3) is 9.71. The zero-order valence-corrected chi connectivity index (χ0v) is 30.8. The van der Waals surface area contributed by atoms with Gasteiger partial charge >= 0.3 is 5.97 Å². The van der Waals surface area contributed by atoms with Crippen LogP contribution < -0.4 is 0 Å². The van der Waals surface area contributed by atoms with Crippen molar-refractivity contribution in [3.05, 3.63) is 190 Å². The topological polar surface area (TPSA) is 148 Å². The monoisotopic (exact) mass is 752 g/mol. The first kappa shape index (κ1) is 38.5. The number of fused-ring (bicyclic) bond motifs is 1. The number of para-hydroxylation sites is 1. The van der Waals surface area contributed by atoms with Gasteiger partial charge in [-0.05, 0) is 45.8 Å². The number of aromatic nitrogens is 1. The molecule has 0 amide bonds. The van der Waals surface area contributed by atoms with Gasteiger partial charge in [-0.2, -0.15) is 0 Å². The van der Waals surface area contributed by atoms with E-state index < -0.39 is 42.5 Å². The Morgan fingerprint density at radius 1 is 0.679 bits per heavy atom. The van der Waals surface area contributed by atoms with Crippen LogP contribution in [-0.4, -0.2) is 53.1 Å². The molecule has 0 radical (unpaired) electrons. The van der Waals surface area contributed by atoms with Gasteiger partial charge in [-0.3, -0.25) is 4.79 Å². The predicted molar refractivity (Wildman–Crippen MR) is 211 cm³/mol. The van der Waals surface area contributed by atoms with Gasteiger partial charge in [-0.25, -0.2) is 0 Å². The second kappa shape index (κ2) is 19.2. The van der Waals surface area contributed by atoms with Gasteiger partial charge < -0.3 is 33.8 Å². The van der Waals surface area contributed by atoms with Crippen molar-refractivity contribution in [1.82, 2.24) is 4.98 Å². The number of rotatable bonds is 18. The van der Waals surface area contributed by atoms with Crippen LogP contribution in [0.3, 0.4) is 0 Å². The van der Waals surface area contributed by atoms with Gasteiger partial charge in [0.25, 0.3) is 0 Å². The molecule has 1 aromatic heterocycles. The second-order valence-electron chi connectivity index (χ2n) is 13.7. The molecule has 7 rings (SSSR count). The fourth-order valence-corrected chi connectivity index (χ4v) is 7.14. The number of ether oxygens (including phenoxy) is 5. The summed E-state index contributed by atoms with van der Waals surface area (Å²) in [5.41, 5.74) is 15.3. The number of hydrogen-bond acceptors (Lipinski definition) is 7. The van der Waals surface area contributed by atoms with Gasteiger partial charge in [0.1, 0.15) is 36.6 Å². The Morgan fingerprint density at radius 2 is 1.16 bits per heavy atom. The number of carbonyl (C=O) groups is 1. The van der Waals surface area contributed by atoms with E-state index in [0.29, 0.717) is 17.9 Å². The molecule has 0 bridgehead atoms. The summed E-state index contributed by atoms with van der Waals surface area (Å²) in [5, 5.41) is 14.5. The largest absolute Gasteiger partial charge is 0.481 e. The van der Waals surface area contributed by atoms with E-state index in [2.05, 4.69) is 15.0 Å². The molecule has 1 saturated heterocycles. The summed E-state index contributed by atoms with van der Waals surface area (Å²) in [4.78, 5) is 18.8. The van der Waals surface area contributed by atoms with Crippen molar-refractivity contribution in [3.8, 4) is 0 Å². The Labute approximate surface area is 325 Å². The van der Waals surface area contributed by atoms with Crippen molar-refractivity contribution in [1.29, 1.82) is 0 Å². The molecule has 2 heterocycles. The molecule has 1 fully saturated rings. The summed E-state index contributed by atoms with van der Waals surface area (Å²) in [7, 11) is 0. The van der Waals surface area contributed by atoms with Gasteiger partial charge in [-0.15, -0.1) is 0 Å². The highest BCUT2D eigenvalue weighted by Gasteiger charge is 2.50. The number of aromatic amines is 1. The third-order valence-electron chi connectivity index (χ3n) is 9.89. The molecular formula is C45H44N4O7. The average Bonchev–Trinajstić information content (AvgIpc) is 3.60. The molecule has 5 aromatic carbocycles. The summed E-state index contributed by atoms with van der Waals surface area (Å²) in [6, 6.07) is 45.9. The number of aliphatic carboxylic acids is 1. The van der Waals surface area contributed by atoms with Crippen LogP contribution in [0, 0.1) is 0 Å². The molecule has 6 atom stereocenters. The third-order valence-corrected chi connectivity index (χ3v) is 9.89. The lowest BCUT2D eigenvalue weighted by molar-refractivity contribution is -0.275. The fourth-order valence-electron chi connectivity index (χ4n) is 7.14. The lowest BCUT2D eigenvalue weighted by atomic mass is 9.89. The van der Waals surface area contributed by atoms with Gasteiger partial charge in [0, 0.05) is 15.8 Å². The van der Waals surface area contributed by atoms with Gasteiger partial charge in [0.05, 0.1) is 38.7 Å². The summed E-state index contributed by atoms with van der Waals surface area (Å²) in [6.45, 7) is 1.31. The smallest absolute Gasteiger partial charge is 0.312 e. The number of azide groups is 1. The quantitative estimate of drug-likeness (QED) is 0.0506. The first-order valence-electron chi connectivity index (χ1n) is 18.7. The van der Waals surface area contributed by atoms with E-state index in [0.717, 1.165) is 33.2 Å². The first-order chi connectivity index (χ1) is 27.6. The highest BCUT2D eigenvalue weighted by Crippen LogP contribution is 2.41. The molecule has 56 heavy (non-hydrogen) atoms. The Bertz CT molecular complexity index is 2180. The molecular weight excluding hydrogens is 709 g/mol. The first-order valence-corrected chi connectivity index (χ1v) is 18.7. The Balaban J connectivity index is 1.33. The van der Waals surface area contributed by atoms with Gasteiger partial charge in [0.15, 0.2) is 0 Å². The molecule has 286 valence electrons. The molecule has 2 N–H and O–H groups in total. The molecule has 0 unspecified atom stereocenters. The predicted octanol–water partition coefficient (Wildman–Crippen LogP) is 8.89. The van der Waals surface area contributed by atoms with Crippen LogP contribution in [0.25, 0.3) is 21.3 Å². The fraction of sp³-hybridized carbons (Fsp3) is 0.267. The maximum Gasteiger partial charge on any atom is 0.312 e. The van der Waals surface area contributed by atoms with Crippen molar-refractivity contribution in [2.24, 2.45) is 5.11 Å².